The molecule has 0 amide bonds. The lowest BCUT2D eigenvalue weighted by molar-refractivity contribution is -0.118. The third kappa shape index (κ3) is 2.49. The van der Waals surface area contributed by atoms with Gasteiger partial charge in [-0.2, -0.15) is 5.10 Å². The Balaban J connectivity index is 1.62. The minimum atomic E-state index is -2.67. The van der Waals surface area contributed by atoms with Gasteiger partial charge in [0, 0.05) is 47.7 Å². The van der Waals surface area contributed by atoms with Crippen molar-refractivity contribution in [3.63, 3.8) is 0 Å². The lowest BCUT2D eigenvalue weighted by Crippen LogP contribution is -2.44. The molecule has 1 aromatic carbocycles. The summed E-state index contributed by atoms with van der Waals surface area (Å²) in [5.41, 5.74) is 3.31. The SMILES string of the molecule is CC1(C)CC(=O)C2=C(C1)Nc1n[nH]c(C3CC(F)(F)C3)c1[C@]21CCc2c(F)cccc21. The fourth-order valence-electron chi connectivity index (χ4n) is 6.41. The van der Waals surface area contributed by atoms with Gasteiger partial charge in [-0.15, -0.1) is 0 Å². The lowest BCUT2D eigenvalue weighted by Gasteiger charge is -2.45. The number of ketones is 1. The van der Waals surface area contributed by atoms with Crippen LogP contribution in [0.3, 0.4) is 0 Å². The molecule has 2 aromatic rings. The second-order valence-corrected chi connectivity index (χ2v) is 10.4. The van der Waals surface area contributed by atoms with Gasteiger partial charge in [0.1, 0.15) is 5.82 Å². The summed E-state index contributed by atoms with van der Waals surface area (Å²) in [5.74, 6) is -2.66. The maximum atomic E-state index is 14.8. The largest absolute Gasteiger partial charge is 0.342 e. The van der Waals surface area contributed by atoms with Crippen LogP contribution in [-0.2, 0) is 16.6 Å². The number of nitrogens with zero attached hydrogens (tertiary/aromatic N) is 1. The summed E-state index contributed by atoms with van der Waals surface area (Å²) >= 11 is 0. The Labute approximate surface area is 178 Å². The first kappa shape index (κ1) is 19.1. The van der Waals surface area contributed by atoms with Gasteiger partial charge in [-0.25, -0.2) is 13.2 Å². The van der Waals surface area contributed by atoms with Crippen LogP contribution in [0.2, 0.25) is 0 Å². The monoisotopic (exact) mass is 427 g/mol. The van der Waals surface area contributed by atoms with E-state index in [1.54, 1.807) is 6.07 Å². The predicted octanol–water partition coefficient (Wildman–Crippen LogP) is 5.36. The van der Waals surface area contributed by atoms with Gasteiger partial charge in [-0.05, 0) is 41.9 Å². The third-order valence-corrected chi connectivity index (χ3v) is 7.62. The van der Waals surface area contributed by atoms with Crippen molar-refractivity contribution in [1.82, 2.24) is 10.2 Å². The fourth-order valence-corrected chi connectivity index (χ4v) is 6.41. The maximum absolute atomic E-state index is 14.8. The molecule has 1 spiro atoms. The van der Waals surface area contributed by atoms with E-state index >= 15 is 0 Å². The van der Waals surface area contributed by atoms with Crippen LogP contribution in [0.4, 0.5) is 19.0 Å². The van der Waals surface area contributed by atoms with Crippen LogP contribution in [-0.4, -0.2) is 21.9 Å². The number of aromatic amines is 1. The van der Waals surface area contributed by atoms with Gasteiger partial charge in [0.2, 0.25) is 5.92 Å². The average Bonchev–Trinajstić information content (AvgIpc) is 3.22. The predicted molar refractivity (Wildman–Crippen MR) is 110 cm³/mol. The number of benzene rings is 1. The first-order chi connectivity index (χ1) is 14.6. The number of rotatable bonds is 1. The first-order valence-electron chi connectivity index (χ1n) is 10.9. The van der Waals surface area contributed by atoms with Crippen molar-refractivity contribution in [2.45, 2.75) is 69.6 Å². The van der Waals surface area contributed by atoms with Crippen molar-refractivity contribution in [2.24, 2.45) is 5.41 Å². The van der Waals surface area contributed by atoms with Crippen LogP contribution in [0.15, 0.2) is 29.5 Å². The van der Waals surface area contributed by atoms with Gasteiger partial charge >= 0.3 is 0 Å². The minimum Gasteiger partial charge on any atom is -0.342 e. The Kier molecular flexibility index (Phi) is 3.59. The Hall–Kier alpha value is -2.57. The average molecular weight is 427 g/mol. The normalized spacial score (nSPS) is 28.1. The molecule has 2 heterocycles. The van der Waals surface area contributed by atoms with Crippen molar-refractivity contribution in [1.29, 1.82) is 0 Å². The summed E-state index contributed by atoms with van der Waals surface area (Å²) < 4.78 is 42.2. The molecule has 31 heavy (non-hydrogen) atoms. The van der Waals surface area contributed by atoms with E-state index in [4.69, 9.17) is 0 Å². The van der Waals surface area contributed by atoms with Crippen LogP contribution in [0.1, 0.15) is 74.3 Å². The Morgan fingerprint density at radius 2 is 1.94 bits per heavy atom. The number of Topliss-reactive ketones (excluding diaryl/α,β-unsaturated/α-hetero) is 1. The van der Waals surface area contributed by atoms with Crippen molar-refractivity contribution in [2.75, 3.05) is 5.32 Å². The highest BCUT2D eigenvalue weighted by Crippen LogP contribution is 2.61. The van der Waals surface area contributed by atoms with E-state index in [1.807, 2.05) is 6.07 Å². The number of hydrogen-bond acceptors (Lipinski definition) is 3. The Morgan fingerprint density at radius 3 is 2.68 bits per heavy atom. The summed E-state index contributed by atoms with van der Waals surface area (Å²) in [6.45, 7) is 4.13. The molecule has 1 fully saturated rings. The molecule has 1 saturated carbocycles. The van der Waals surface area contributed by atoms with Crippen LogP contribution >= 0.6 is 0 Å². The summed E-state index contributed by atoms with van der Waals surface area (Å²) in [6, 6.07) is 5.02. The molecule has 4 nitrogen and oxygen atoms in total. The highest BCUT2D eigenvalue weighted by atomic mass is 19.3. The molecule has 162 valence electrons. The lowest BCUT2D eigenvalue weighted by atomic mass is 9.60. The van der Waals surface area contributed by atoms with Gasteiger partial charge < -0.3 is 5.32 Å². The molecule has 1 aromatic heterocycles. The van der Waals surface area contributed by atoms with E-state index in [1.165, 1.54) is 6.07 Å². The number of aromatic nitrogens is 2. The maximum Gasteiger partial charge on any atom is 0.249 e. The van der Waals surface area contributed by atoms with Crippen molar-refractivity contribution in [3.05, 3.63) is 57.7 Å². The topological polar surface area (TPSA) is 57.8 Å². The highest BCUT2D eigenvalue weighted by molar-refractivity contribution is 6.03. The first-order valence-corrected chi connectivity index (χ1v) is 10.9. The van der Waals surface area contributed by atoms with Gasteiger partial charge in [0.05, 0.1) is 5.41 Å². The van der Waals surface area contributed by atoms with Crippen LogP contribution in [0.25, 0.3) is 0 Å². The Morgan fingerprint density at radius 1 is 1.16 bits per heavy atom. The van der Waals surface area contributed by atoms with Gasteiger partial charge in [0.15, 0.2) is 11.6 Å². The second kappa shape index (κ2) is 5.81. The summed E-state index contributed by atoms with van der Waals surface area (Å²) in [5, 5.41) is 10.8. The number of anilines is 1. The molecule has 3 aliphatic carbocycles. The number of nitrogens with one attached hydrogen (secondary N) is 2. The zero-order valence-corrected chi connectivity index (χ0v) is 17.5. The fraction of sp³-hybridized carbons (Fsp3) is 0.500. The standard InChI is InChI=1S/C24H24F3N3O/c1-22(2)10-16-18(17(31)11-22)24(7-6-13-14(24)4-3-5-15(13)25)19-20(29-30-21(19)28-16)12-8-23(26,27)9-12/h3-5,12H,6-11H2,1-2H3,(H2,28,29,30)/t24-/m0/s1. The minimum absolute atomic E-state index is 0.0487. The molecular weight excluding hydrogens is 403 g/mol. The van der Waals surface area contributed by atoms with E-state index in [0.717, 1.165) is 16.8 Å². The number of fused-ring (bicyclic) bond motifs is 5. The molecule has 1 atom stereocenters. The number of alkyl halides is 2. The molecular formula is C24H24F3N3O. The molecule has 4 aliphatic rings. The number of halogens is 3. The highest BCUT2D eigenvalue weighted by Gasteiger charge is 2.57. The van der Waals surface area contributed by atoms with E-state index in [-0.39, 0.29) is 35.8 Å². The van der Waals surface area contributed by atoms with E-state index in [2.05, 4.69) is 29.4 Å². The number of H-pyrrole nitrogens is 1. The molecule has 0 bridgehead atoms. The molecule has 0 saturated heterocycles. The second-order valence-electron chi connectivity index (χ2n) is 10.4. The van der Waals surface area contributed by atoms with Crippen molar-refractivity contribution < 1.29 is 18.0 Å². The van der Waals surface area contributed by atoms with Crippen LogP contribution < -0.4 is 5.32 Å². The number of hydrogen-bond donors (Lipinski definition) is 2. The number of allylic oxidation sites excluding steroid dienone is 2. The molecule has 0 unspecified atom stereocenters. The molecule has 0 radical (unpaired) electrons. The summed E-state index contributed by atoms with van der Waals surface area (Å²) in [7, 11) is 0. The zero-order chi connectivity index (χ0) is 21.8. The zero-order valence-electron chi connectivity index (χ0n) is 17.5. The Bertz CT molecular complexity index is 1170. The van der Waals surface area contributed by atoms with Gasteiger partial charge in [-0.1, -0.05) is 26.0 Å². The number of carbonyl (C=O) groups is 1. The summed E-state index contributed by atoms with van der Waals surface area (Å²) in [4.78, 5) is 13.6. The summed E-state index contributed by atoms with van der Waals surface area (Å²) in [6.07, 6.45) is 1.66. The van der Waals surface area contributed by atoms with E-state index in [9.17, 15) is 18.0 Å². The van der Waals surface area contributed by atoms with Crippen molar-refractivity contribution >= 4 is 11.6 Å². The third-order valence-electron chi connectivity index (χ3n) is 7.62. The van der Waals surface area contributed by atoms with E-state index in [0.29, 0.717) is 48.3 Å². The van der Waals surface area contributed by atoms with Gasteiger partial charge in [0.25, 0.3) is 0 Å². The van der Waals surface area contributed by atoms with Crippen LogP contribution in [0, 0.1) is 11.2 Å². The number of carbonyl (C=O) groups excluding carboxylic acids is 1. The van der Waals surface area contributed by atoms with Crippen LogP contribution in [0.5, 0.6) is 0 Å². The molecule has 7 heteroatoms. The van der Waals surface area contributed by atoms with Gasteiger partial charge in [-0.3, -0.25) is 9.89 Å². The molecule has 6 rings (SSSR count). The molecule has 2 N–H and O–H groups in total. The molecule has 1 aliphatic heterocycles. The van der Waals surface area contributed by atoms with E-state index < -0.39 is 11.3 Å². The van der Waals surface area contributed by atoms with Crippen molar-refractivity contribution in [3.8, 4) is 0 Å². The smallest absolute Gasteiger partial charge is 0.249 e. The quantitative estimate of drug-likeness (QED) is 0.644.